The van der Waals surface area contributed by atoms with E-state index in [0.717, 1.165) is 32.5 Å². The number of hydrogen-bond acceptors (Lipinski definition) is 3. The van der Waals surface area contributed by atoms with Crippen LogP contribution in [0.1, 0.15) is 33.1 Å². The minimum Gasteiger partial charge on any atom is -0.392 e. The number of carbonyl (C=O) groups excluding carboxylic acids is 1. The number of piperidine rings is 2. The van der Waals surface area contributed by atoms with Crippen LogP contribution in [-0.2, 0) is 4.79 Å². The average Bonchev–Trinajstić information content (AvgIpc) is 2.27. The van der Waals surface area contributed by atoms with Gasteiger partial charge in [0.15, 0.2) is 0 Å². The Morgan fingerprint density at radius 2 is 1.89 bits per heavy atom. The lowest BCUT2D eigenvalue weighted by Crippen LogP contribution is -2.49. The van der Waals surface area contributed by atoms with Gasteiger partial charge in [-0.1, -0.05) is 13.8 Å². The van der Waals surface area contributed by atoms with E-state index < -0.39 is 0 Å². The zero-order valence-corrected chi connectivity index (χ0v) is 11.6. The molecule has 2 unspecified atom stereocenters. The lowest BCUT2D eigenvalue weighted by Gasteiger charge is -2.37. The first-order chi connectivity index (χ1) is 8.54. The zero-order valence-electron chi connectivity index (χ0n) is 11.6. The SMILES string of the molecule is CC1CC(C)CN(C(=O)CN2CCC[C@H](O)C2)C1. The fourth-order valence-corrected chi connectivity index (χ4v) is 3.33. The Bertz CT molecular complexity index is 286. The minimum absolute atomic E-state index is 0.238. The van der Waals surface area contributed by atoms with Gasteiger partial charge >= 0.3 is 0 Å². The van der Waals surface area contributed by atoms with Crippen molar-refractivity contribution in [3.05, 3.63) is 0 Å². The third-order valence-electron chi connectivity index (χ3n) is 4.06. The van der Waals surface area contributed by atoms with Crippen molar-refractivity contribution in [2.75, 3.05) is 32.7 Å². The van der Waals surface area contributed by atoms with E-state index in [0.29, 0.717) is 24.9 Å². The number of nitrogens with zero attached hydrogens (tertiary/aromatic N) is 2. The maximum Gasteiger partial charge on any atom is 0.236 e. The summed E-state index contributed by atoms with van der Waals surface area (Å²) in [6.45, 7) is 8.34. The van der Waals surface area contributed by atoms with E-state index >= 15 is 0 Å². The number of amides is 1. The molecule has 1 N–H and O–H groups in total. The zero-order chi connectivity index (χ0) is 13.1. The fourth-order valence-electron chi connectivity index (χ4n) is 3.33. The molecule has 0 aromatic rings. The molecular formula is C14H26N2O2. The van der Waals surface area contributed by atoms with Gasteiger partial charge in [-0.3, -0.25) is 9.69 Å². The maximum atomic E-state index is 12.3. The second-order valence-electron chi connectivity index (χ2n) is 6.28. The molecule has 0 bridgehead atoms. The Hall–Kier alpha value is -0.610. The molecule has 18 heavy (non-hydrogen) atoms. The third kappa shape index (κ3) is 3.69. The highest BCUT2D eigenvalue weighted by atomic mass is 16.3. The van der Waals surface area contributed by atoms with Crippen LogP contribution >= 0.6 is 0 Å². The van der Waals surface area contributed by atoms with Gasteiger partial charge in [0.05, 0.1) is 12.6 Å². The van der Waals surface area contributed by atoms with Gasteiger partial charge in [0, 0.05) is 19.6 Å². The van der Waals surface area contributed by atoms with Crippen LogP contribution in [0.4, 0.5) is 0 Å². The standard InChI is InChI=1S/C14H26N2O2/c1-11-6-12(2)8-16(7-11)14(18)10-15-5-3-4-13(17)9-15/h11-13,17H,3-10H2,1-2H3/t11?,12?,13-/m0/s1. The van der Waals surface area contributed by atoms with E-state index in [-0.39, 0.29) is 12.0 Å². The molecule has 104 valence electrons. The van der Waals surface area contributed by atoms with Crippen molar-refractivity contribution >= 4 is 5.91 Å². The minimum atomic E-state index is -0.245. The monoisotopic (exact) mass is 254 g/mol. The number of likely N-dealkylation sites (tertiary alicyclic amines) is 2. The molecule has 2 aliphatic rings. The first kappa shape index (κ1) is 13.8. The molecule has 0 aromatic carbocycles. The summed E-state index contributed by atoms with van der Waals surface area (Å²) in [7, 11) is 0. The smallest absolute Gasteiger partial charge is 0.236 e. The topological polar surface area (TPSA) is 43.8 Å². The molecule has 0 saturated carbocycles. The average molecular weight is 254 g/mol. The first-order valence-corrected chi connectivity index (χ1v) is 7.22. The lowest BCUT2D eigenvalue weighted by molar-refractivity contribution is -0.135. The lowest BCUT2D eigenvalue weighted by atomic mass is 9.92. The van der Waals surface area contributed by atoms with Crippen LogP contribution in [0, 0.1) is 11.8 Å². The molecule has 1 amide bonds. The van der Waals surface area contributed by atoms with Crippen LogP contribution < -0.4 is 0 Å². The van der Waals surface area contributed by atoms with E-state index in [1.807, 2.05) is 4.90 Å². The van der Waals surface area contributed by atoms with Crippen molar-refractivity contribution in [1.82, 2.24) is 9.80 Å². The van der Waals surface area contributed by atoms with E-state index in [4.69, 9.17) is 0 Å². The van der Waals surface area contributed by atoms with Crippen molar-refractivity contribution in [1.29, 1.82) is 0 Å². The van der Waals surface area contributed by atoms with Crippen molar-refractivity contribution in [3.8, 4) is 0 Å². The van der Waals surface area contributed by atoms with Crippen LogP contribution in [0.5, 0.6) is 0 Å². The summed E-state index contributed by atoms with van der Waals surface area (Å²) in [5.74, 6) is 1.47. The summed E-state index contributed by atoms with van der Waals surface area (Å²) in [5.41, 5.74) is 0. The molecule has 2 rings (SSSR count). The number of hydrogen-bond donors (Lipinski definition) is 1. The highest BCUT2D eigenvalue weighted by molar-refractivity contribution is 5.78. The summed E-state index contributed by atoms with van der Waals surface area (Å²) in [6.07, 6.45) is 2.86. The van der Waals surface area contributed by atoms with Crippen LogP contribution in [-0.4, -0.2) is 59.6 Å². The molecule has 4 nitrogen and oxygen atoms in total. The second kappa shape index (κ2) is 6.02. The molecule has 0 aromatic heterocycles. The van der Waals surface area contributed by atoms with E-state index in [9.17, 15) is 9.90 Å². The quantitative estimate of drug-likeness (QED) is 0.798. The summed E-state index contributed by atoms with van der Waals surface area (Å²) < 4.78 is 0. The van der Waals surface area contributed by atoms with Crippen molar-refractivity contribution < 1.29 is 9.90 Å². The Morgan fingerprint density at radius 1 is 1.22 bits per heavy atom. The number of aliphatic hydroxyl groups excluding tert-OH is 1. The van der Waals surface area contributed by atoms with Crippen LogP contribution in [0.2, 0.25) is 0 Å². The molecule has 2 heterocycles. The van der Waals surface area contributed by atoms with Crippen LogP contribution in [0.15, 0.2) is 0 Å². The fraction of sp³-hybridized carbons (Fsp3) is 0.929. The van der Waals surface area contributed by atoms with Crippen molar-refractivity contribution in [2.45, 2.75) is 39.2 Å². The number of rotatable bonds is 2. The molecule has 0 aliphatic carbocycles. The van der Waals surface area contributed by atoms with E-state index in [1.54, 1.807) is 0 Å². The molecule has 4 heteroatoms. The molecular weight excluding hydrogens is 228 g/mol. The van der Waals surface area contributed by atoms with Gasteiger partial charge in [-0.15, -0.1) is 0 Å². The van der Waals surface area contributed by atoms with Crippen molar-refractivity contribution in [3.63, 3.8) is 0 Å². The van der Waals surface area contributed by atoms with Gasteiger partial charge in [-0.05, 0) is 37.6 Å². The summed E-state index contributed by atoms with van der Waals surface area (Å²) in [5, 5.41) is 9.62. The molecule has 2 aliphatic heterocycles. The Labute approximate surface area is 110 Å². The summed E-state index contributed by atoms with van der Waals surface area (Å²) in [4.78, 5) is 16.4. The number of carbonyl (C=O) groups is 1. The normalized spacial score (nSPS) is 34.6. The van der Waals surface area contributed by atoms with E-state index in [2.05, 4.69) is 18.7 Å². The summed E-state index contributed by atoms with van der Waals surface area (Å²) >= 11 is 0. The predicted molar refractivity (Wildman–Crippen MR) is 71.2 cm³/mol. The van der Waals surface area contributed by atoms with Crippen LogP contribution in [0.3, 0.4) is 0 Å². The first-order valence-electron chi connectivity index (χ1n) is 7.22. The third-order valence-corrected chi connectivity index (χ3v) is 4.06. The maximum absolute atomic E-state index is 12.3. The van der Waals surface area contributed by atoms with Gasteiger partial charge < -0.3 is 10.0 Å². The van der Waals surface area contributed by atoms with Gasteiger partial charge in [0.25, 0.3) is 0 Å². The highest BCUT2D eigenvalue weighted by Gasteiger charge is 2.27. The van der Waals surface area contributed by atoms with Gasteiger partial charge in [-0.25, -0.2) is 0 Å². The highest BCUT2D eigenvalue weighted by Crippen LogP contribution is 2.21. The Kier molecular flexibility index (Phi) is 4.62. The molecule has 0 spiro atoms. The van der Waals surface area contributed by atoms with Crippen molar-refractivity contribution in [2.24, 2.45) is 11.8 Å². The molecule has 3 atom stereocenters. The Morgan fingerprint density at radius 3 is 2.50 bits per heavy atom. The van der Waals surface area contributed by atoms with E-state index in [1.165, 1.54) is 6.42 Å². The molecule has 2 saturated heterocycles. The van der Waals surface area contributed by atoms with Gasteiger partial charge in [0.1, 0.15) is 0 Å². The van der Waals surface area contributed by atoms with Gasteiger partial charge in [0.2, 0.25) is 5.91 Å². The Balaban J connectivity index is 1.83. The summed E-state index contributed by atoms with van der Waals surface area (Å²) in [6, 6.07) is 0. The second-order valence-corrected chi connectivity index (χ2v) is 6.28. The molecule has 0 radical (unpaired) electrons. The predicted octanol–water partition coefficient (Wildman–Crippen LogP) is 0.948. The number of β-amino-alcohol motifs (C(OH)–C–C–N with tert-alkyl or cyclic N) is 1. The molecule has 2 fully saturated rings. The van der Waals surface area contributed by atoms with Crippen LogP contribution in [0.25, 0.3) is 0 Å². The number of aliphatic hydroxyl groups is 1. The van der Waals surface area contributed by atoms with Gasteiger partial charge in [-0.2, -0.15) is 0 Å². The largest absolute Gasteiger partial charge is 0.392 e.